The van der Waals surface area contributed by atoms with E-state index < -0.39 is 11.5 Å². The molecular weight excluding hydrogens is 242 g/mol. The van der Waals surface area contributed by atoms with Crippen molar-refractivity contribution in [1.29, 1.82) is 0 Å². The average molecular weight is 267 g/mol. The molecule has 108 valence electrons. The van der Waals surface area contributed by atoms with E-state index in [0.717, 1.165) is 12.8 Å². The highest BCUT2D eigenvalue weighted by atomic mass is 16.4. The van der Waals surface area contributed by atoms with Gasteiger partial charge in [0, 0.05) is 13.0 Å². The second-order valence-corrected chi connectivity index (χ2v) is 6.27. The Morgan fingerprint density at radius 2 is 1.89 bits per heavy atom. The molecule has 1 heterocycles. The second kappa shape index (κ2) is 5.93. The topological polar surface area (TPSA) is 57.6 Å². The van der Waals surface area contributed by atoms with Crippen LogP contribution in [0.4, 0.5) is 0 Å². The van der Waals surface area contributed by atoms with Gasteiger partial charge in [0.15, 0.2) is 0 Å². The molecule has 0 aromatic rings. The van der Waals surface area contributed by atoms with E-state index in [9.17, 15) is 14.7 Å². The average Bonchev–Trinajstić information content (AvgIpc) is 2.81. The van der Waals surface area contributed by atoms with Crippen molar-refractivity contribution in [1.82, 2.24) is 4.90 Å². The fourth-order valence-electron chi connectivity index (χ4n) is 3.52. The number of aliphatic carboxylic acids is 1. The van der Waals surface area contributed by atoms with E-state index in [2.05, 4.69) is 0 Å². The van der Waals surface area contributed by atoms with Crippen LogP contribution in [0.15, 0.2) is 0 Å². The summed E-state index contributed by atoms with van der Waals surface area (Å²) in [5.74, 6) is -0.152. The maximum atomic E-state index is 12.3. The molecule has 2 rings (SSSR count). The van der Waals surface area contributed by atoms with Crippen molar-refractivity contribution in [2.75, 3.05) is 6.54 Å². The first-order valence-electron chi connectivity index (χ1n) is 7.58. The first-order chi connectivity index (χ1) is 9.04. The summed E-state index contributed by atoms with van der Waals surface area (Å²) < 4.78 is 0. The number of amides is 1. The van der Waals surface area contributed by atoms with Crippen LogP contribution in [0, 0.1) is 5.92 Å². The van der Waals surface area contributed by atoms with Crippen LogP contribution in [0.1, 0.15) is 64.7 Å². The van der Waals surface area contributed by atoms with Crippen LogP contribution in [0.25, 0.3) is 0 Å². The number of carboxylic acids is 1. The summed E-state index contributed by atoms with van der Waals surface area (Å²) in [7, 11) is 0. The minimum absolute atomic E-state index is 0.0352. The summed E-state index contributed by atoms with van der Waals surface area (Å²) in [5.41, 5.74) is -0.969. The van der Waals surface area contributed by atoms with Gasteiger partial charge in [-0.2, -0.15) is 0 Å². The van der Waals surface area contributed by atoms with Crippen molar-refractivity contribution in [3.8, 4) is 0 Å². The quantitative estimate of drug-likeness (QED) is 0.852. The monoisotopic (exact) mass is 267 g/mol. The van der Waals surface area contributed by atoms with Crippen LogP contribution in [-0.4, -0.2) is 34.0 Å². The molecule has 1 unspecified atom stereocenters. The van der Waals surface area contributed by atoms with E-state index in [-0.39, 0.29) is 5.91 Å². The Kier molecular flexibility index (Phi) is 4.48. The molecule has 0 bridgehead atoms. The number of nitrogens with zero attached hydrogens (tertiary/aromatic N) is 1. The lowest BCUT2D eigenvalue weighted by molar-refractivity contribution is -0.155. The minimum atomic E-state index is -0.969. The third-order valence-corrected chi connectivity index (χ3v) is 4.89. The first kappa shape index (κ1) is 14.4. The van der Waals surface area contributed by atoms with Crippen molar-refractivity contribution >= 4 is 11.9 Å². The summed E-state index contributed by atoms with van der Waals surface area (Å²) in [5, 5.41) is 9.31. The number of hydrogen-bond donors (Lipinski definition) is 1. The van der Waals surface area contributed by atoms with Crippen LogP contribution in [0.3, 0.4) is 0 Å². The Hall–Kier alpha value is -1.06. The highest BCUT2D eigenvalue weighted by Gasteiger charge is 2.45. The van der Waals surface area contributed by atoms with Crippen LogP contribution >= 0.6 is 0 Å². The molecule has 0 aromatic heterocycles. The third kappa shape index (κ3) is 3.10. The van der Waals surface area contributed by atoms with E-state index in [4.69, 9.17) is 0 Å². The molecule has 4 heteroatoms. The van der Waals surface area contributed by atoms with Crippen molar-refractivity contribution in [3.05, 3.63) is 0 Å². The number of carbonyl (C=O) groups excluding carboxylic acids is 1. The SMILES string of the molecule is CC1(C(=O)O)CCCN1C(=O)CCC1CCCCC1. The van der Waals surface area contributed by atoms with E-state index in [1.165, 1.54) is 32.1 Å². The Morgan fingerprint density at radius 1 is 1.21 bits per heavy atom. The van der Waals surface area contributed by atoms with Gasteiger partial charge in [-0.15, -0.1) is 0 Å². The summed E-state index contributed by atoms with van der Waals surface area (Å²) in [6.45, 7) is 2.28. The van der Waals surface area contributed by atoms with Crippen LogP contribution in [-0.2, 0) is 9.59 Å². The van der Waals surface area contributed by atoms with Crippen LogP contribution < -0.4 is 0 Å². The highest BCUT2D eigenvalue weighted by molar-refractivity contribution is 5.87. The second-order valence-electron chi connectivity index (χ2n) is 6.27. The lowest BCUT2D eigenvalue weighted by atomic mass is 9.86. The van der Waals surface area contributed by atoms with Crippen molar-refractivity contribution in [2.45, 2.75) is 70.3 Å². The van der Waals surface area contributed by atoms with Gasteiger partial charge in [-0.3, -0.25) is 4.79 Å². The molecule has 2 aliphatic rings. The molecule has 1 atom stereocenters. The van der Waals surface area contributed by atoms with Gasteiger partial charge in [-0.25, -0.2) is 4.79 Å². The molecular formula is C15H25NO3. The zero-order valence-corrected chi connectivity index (χ0v) is 11.9. The predicted octanol–water partition coefficient (Wildman–Crippen LogP) is 2.81. The smallest absolute Gasteiger partial charge is 0.329 e. The third-order valence-electron chi connectivity index (χ3n) is 4.89. The zero-order valence-electron chi connectivity index (χ0n) is 11.9. The number of carbonyl (C=O) groups is 2. The van der Waals surface area contributed by atoms with Gasteiger partial charge in [0.1, 0.15) is 5.54 Å². The van der Waals surface area contributed by atoms with Crippen molar-refractivity contribution in [3.63, 3.8) is 0 Å². The predicted molar refractivity (Wildman–Crippen MR) is 72.8 cm³/mol. The van der Waals surface area contributed by atoms with Gasteiger partial charge >= 0.3 is 5.97 Å². The molecule has 0 aromatic carbocycles. The zero-order chi connectivity index (χ0) is 13.9. The standard InChI is InChI=1S/C15H25NO3/c1-15(14(18)19)10-5-11-16(15)13(17)9-8-12-6-3-2-4-7-12/h12H,2-11H2,1H3,(H,18,19). The van der Waals surface area contributed by atoms with Gasteiger partial charge in [-0.1, -0.05) is 32.1 Å². The molecule has 19 heavy (non-hydrogen) atoms. The fraction of sp³-hybridized carbons (Fsp3) is 0.867. The Balaban J connectivity index is 1.87. The number of hydrogen-bond acceptors (Lipinski definition) is 2. The molecule has 0 radical (unpaired) electrons. The summed E-state index contributed by atoms with van der Waals surface area (Å²) in [4.78, 5) is 25.2. The molecule has 1 N–H and O–H groups in total. The normalized spacial score (nSPS) is 28.6. The Labute approximate surface area is 115 Å². The van der Waals surface area contributed by atoms with Gasteiger partial charge in [0.2, 0.25) is 5.91 Å². The minimum Gasteiger partial charge on any atom is -0.480 e. The Morgan fingerprint density at radius 3 is 2.53 bits per heavy atom. The highest BCUT2D eigenvalue weighted by Crippen LogP contribution is 2.32. The summed E-state index contributed by atoms with van der Waals surface area (Å²) >= 11 is 0. The van der Waals surface area contributed by atoms with E-state index in [1.54, 1.807) is 11.8 Å². The van der Waals surface area contributed by atoms with E-state index in [1.807, 2.05) is 0 Å². The van der Waals surface area contributed by atoms with Crippen LogP contribution in [0.5, 0.6) is 0 Å². The van der Waals surface area contributed by atoms with Gasteiger partial charge in [0.25, 0.3) is 0 Å². The number of likely N-dealkylation sites (tertiary alicyclic amines) is 1. The maximum absolute atomic E-state index is 12.3. The van der Waals surface area contributed by atoms with Gasteiger partial charge in [-0.05, 0) is 32.1 Å². The molecule has 1 amide bonds. The fourth-order valence-corrected chi connectivity index (χ4v) is 3.52. The maximum Gasteiger partial charge on any atom is 0.329 e. The van der Waals surface area contributed by atoms with Crippen LogP contribution in [0.2, 0.25) is 0 Å². The molecule has 1 saturated carbocycles. The lowest BCUT2D eigenvalue weighted by Crippen LogP contribution is -2.50. The lowest BCUT2D eigenvalue weighted by Gasteiger charge is -2.32. The molecule has 2 fully saturated rings. The largest absolute Gasteiger partial charge is 0.480 e. The summed E-state index contributed by atoms with van der Waals surface area (Å²) in [6, 6.07) is 0. The van der Waals surface area contributed by atoms with Gasteiger partial charge < -0.3 is 10.0 Å². The molecule has 1 aliphatic heterocycles. The molecule has 1 aliphatic carbocycles. The molecule has 0 spiro atoms. The van der Waals surface area contributed by atoms with Gasteiger partial charge in [0.05, 0.1) is 0 Å². The van der Waals surface area contributed by atoms with E-state index in [0.29, 0.717) is 25.3 Å². The molecule has 4 nitrogen and oxygen atoms in total. The first-order valence-corrected chi connectivity index (χ1v) is 7.58. The Bertz CT molecular complexity index is 349. The van der Waals surface area contributed by atoms with E-state index >= 15 is 0 Å². The summed E-state index contributed by atoms with van der Waals surface area (Å²) in [6.07, 6.45) is 9.22. The number of carboxylic acid groups (broad SMARTS) is 1. The van der Waals surface area contributed by atoms with Crippen molar-refractivity contribution in [2.24, 2.45) is 5.92 Å². The van der Waals surface area contributed by atoms with Crippen molar-refractivity contribution < 1.29 is 14.7 Å². The number of rotatable bonds is 4. The molecule has 1 saturated heterocycles.